The number of aliphatic hydroxyl groups is 2. The highest BCUT2D eigenvalue weighted by Gasteiger charge is 2.05. The molecule has 0 aromatic rings. The van der Waals surface area contributed by atoms with Gasteiger partial charge in [0.15, 0.2) is 0 Å². The molecule has 0 spiro atoms. The Labute approximate surface area is 81.4 Å². The van der Waals surface area contributed by atoms with Crippen LogP contribution in [0.25, 0.3) is 0 Å². The summed E-state index contributed by atoms with van der Waals surface area (Å²) >= 11 is 0. The minimum Gasteiger partial charge on any atom is -0.396 e. The predicted molar refractivity (Wildman–Crippen MR) is 54.7 cm³/mol. The molecular formula is C10H23NO2. The zero-order chi connectivity index (χ0) is 10.1. The largest absolute Gasteiger partial charge is 0.396 e. The first-order chi connectivity index (χ1) is 6.20. The Kier molecular flexibility index (Phi) is 8.40. The zero-order valence-corrected chi connectivity index (χ0v) is 8.87. The van der Waals surface area contributed by atoms with E-state index in [1.54, 1.807) is 0 Å². The second kappa shape index (κ2) is 8.48. The molecule has 0 aliphatic heterocycles. The summed E-state index contributed by atoms with van der Waals surface area (Å²) in [6.45, 7) is 7.63. The lowest BCUT2D eigenvalue weighted by Crippen LogP contribution is -2.31. The summed E-state index contributed by atoms with van der Waals surface area (Å²) in [5.41, 5.74) is 0. The lowest BCUT2D eigenvalue weighted by atomic mass is 10.2. The number of hydrogen-bond acceptors (Lipinski definition) is 3. The highest BCUT2D eigenvalue weighted by molar-refractivity contribution is 4.59. The number of rotatable bonds is 8. The minimum atomic E-state index is 0.228. The molecule has 13 heavy (non-hydrogen) atoms. The number of nitrogens with zero attached hydrogens (tertiary/aromatic N) is 1. The van der Waals surface area contributed by atoms with Crippen LogP contribution in [-0.4, -0.2) is 48.0 Å². The van der Waals surface area contributed by atoms with Crippen molar-refractivity contribution in [2.45, 2.75) is 26.7 Å². The number of unbranched alkanes of at least 4 members (excludes halogenated alkanes) is 1. The van der Waals surface area contributed by atoms with Crippen molar-refractivity contribution in [2.24, 2.45) is 5.92 Å². The summed E-state index contributed by atoms with van der Waals surface area (Å²) in [4.78, 5) is 2.25. The fourth-order valence-electron chi connectivity index (χ4n) is 1.40. The van der Waals surface area contributed by atoms with Crippen molar-refractivity contribution in [1.29, 1.82) is 0 Å². The molecule has 0 radical (unpaired) electrons. The first-order valence-electron chi connectivity index (χ1n) is 5.14. The van der Waals surface area contributed by atoms with Crippen molar-refractivity contribution in [1.82, 2.24) is 4.90 Å². The fraction of sp³-hybridized carbons (Fsp3) is 1.00. The van der Waals surface area contributed by atoms with Gasteiger partial charge in [-0.05, 0) is 25.3 Å². The normalized spacial score (nSPS) is 11.5. The third-order valence-corrected chi connectivity index (χ3v) is 1.92. The first kappa shape index (κ1) is 12.9. The van der Waals surface area contributed by atoms with Crippen molar-refractivity contribution in [3.63, 3.8) is 0 Å². The predicted octanol–water partition coefficient (Wildman–Crippen LogP) is 0.709. The average molecular weight is 189 g/mol. The van der Waals surface area contributed by atoms with Gasteiger partial charge in [-0.3, -0.25) is 0 Å². The van der Waals surface area contributed by atoms with Gasteiger partial charge in [-0.25, -0.2) is 0 Å². The summed E-state index contributed by atoms with van der Waals surface area (Å²) in [7, 11) is 0. The lowest BCUT2D eigenvalue weighted by molar-refractivity contribution is 0.175. The Morgan fingerprint density at radius 2 is 1.69 bits per heavy atom. The summed E-state index contributed by atoms with van der Waals surface area (Å²) in [6.07, 6.45) is 1.88. The molecule has 2 N–H and O–H groups in total. The maximum atomic E-state index is 8.82. The van der Waals surface area contributed by atoms with E-state index in [4.69, 9.17) is 10.2 Å². The molecule has 0 aliphatic rings. The van der Waals surface area contributed by atoms with Crippen LogP contribution in [0.3, 0.4) is 0 Å². The van der Waals surface area contributed by atoms with Gasteiger partial charge in [0.05, 0.1) is 6.61 Å². The molecule has 0 unspecified atom stereocenters. The maximum absolute atomic E-state index is 8.82. The van der Waals surface area contributed by atoms with Gasteiger partial charge in [0, 0.05) is 19.7 Å². The quantitative estimate of drug-likeness (QED) is 0.553. The van der Waals surface area contributed by atoms with E-state index in [-0.39, 0.29) is 13.2 Å². The highest BCUT2D eigenvalue weighted by atomic mass is 16.3. The molecule has 0 rings (SSSR count). The molecule has 3 nitrogen and oxygen atoms in total. The van der Waals surface area contributed by atoms with Crippen molar-refractivity contribution in [2.75, 3.05) is 32.8 Å². The van der Waals surface area contributed by atoms with Gasteiger partial charge in [0.1, 0.15) is 0 Å². The monoisotopic (exact) mass is 189 g/mol. The second-order valence-electron chi connectivity index (χ2n) is 3.85. The van der Waals surface area contributed by atoms with Crippen molar-refractivity contribution in [3.05, 3.63) is 0 Å². The van der Waals surface area contributed by atoms with Crippen molar-refractivity contribution < 1.29 is 10.2 Å². The van der Waals surface area contributed by atoms with E-state index in [0.717, 1.165) is 32.5 Å². The van der Waals surface area contributed by atoms with E-state index in [0.29, 0.717) is 5.92 Å². The van der Waals surface area contributed by atoms with Gasteiger partial charge >= 0.3 is 0 Å². The molecule has 0 heterocycles. The van der Waals surface area contributed by atoms with E-state index in [1.165, 1.54) is 0 Å². The molecule has 0 amide bonds. The molecular weight excluding hydrogens is 166 g/mol. The molecule has 0 aliphatic carbocycles. The molecule has 3 heteroatoms. The van der Waals surface area contributed by atoms with Gasteiger partial charge in [0.2, 0.25) is 0 Å². The number of hydrogen-bond donors (Lipinski definition) is 2. The topological polar surface area (TPSA) is 43.7 Å². The Bertz CT molecular complexity index is 107. The Hall–Kier alpha value is -0.120. The smallest absolute Gasteiger partial charge is 0.0558 e. The summed E-state index contributed by atoms with van der Waals surface area (Å²) < 4.78 is 0. The Morgan fingerprint density at radius 3 is 2.15 bits per heavy atom. The van der Waals surface area contributed by atoms with Crippen LogP contribution in [0.1, 0.15) is 26.7 Å². The van der Waals surface area contributed by atoms with Gasteiger partial charge in [-0.2, -0.15) is 0 Å². The van der Waals surface area contributed by atoms with E-state index >= 15 is 0 Å². The molecule has 0 aromatic heterocycles. The van der Waals surface area contributed by atoms with Gasteiger partial charge in [0.25, 0.3) is 0 Å². The van der Waals surface area contributed by atoms with E-state index < -0.39 is 0 Å². The molecule has 0 aromatic carbocycles. The molecule has 0 fully saturated rings. The number of aliphatic hydroxyl groups excluding tert-OH is 2. The van der Waals surface area contributed by atoms with Crippen LogP contribution < -0.4 is 0 Å². The summed E-state index contributed by atoms with van der Waals surface area (Å²) in [5.74, 6) is 0.640. The van der Waals surface area contributed by atoms with Crippen molar-refractivity contribution in [3.8, 4) is 0 Å². The van der Waals surface area contributed by atoms with Crippen molar-refractivity contribution >= 4 is 0 Å². The zero-order valence-electron chi connectivity index (χ0n) is 8.87. The second-order valence-corrected chi connectivity index (χ2v) is 3.85. The van der Waals surface area contributed by atoms with E-state index in [9.17, 15) is 0 Å². The Morgan fingerprint density at radius 1 is 1.00 bits per heavy atom. The van der Waals surface area contributed by atoms with Crippen LogP contribution >= 0.6 is 0 Å². The van der Waals surface area contributed by atoms with Gasteiger partial charge in [-0.15, -0.1) is 0 Å². The lowest BCUT2D eigenvalue weighted by Gasteiger charge is -2.22. The summed E-state index contributed by atoms with van der Waals surface area (Å²) in [5, 5.41) is 17.4. The first-order valence-corrected chi connectivity index (χ1v) is 5.14. The van der Waals surface area contributed by atoms with Crippen LogP contribution in [0.2, 0.25) is 0 Å². The Balaban J connectivity index is 3.53. The van der Waals surface area contributed by atoms with E-state index in [2.05, 4.69) is 18.7 Å². The van der Waals surface area contributed by atoms with E-state index in [1.807, 2.05) is 0 Å². The SMILES string of the molecule is CC(C)CN(CCO)CCCCO. The molecule has 0 atom stereocenters. The maximum Gasteiger partial charge on any atom is 0.0558 e. The van der Waals surface area contributed by atoms with Crippen LogP contribution in [0.15, 0.2) is 0 Å². The third-order valence-electron chi connectivity index (χ3n) is 1.92. The van der Waals surface area contributed by atoms with Crippen LogP contribution in [0.4, 0.5) is 0 Å². The molecule has 80 valence electrons. The van der Waals surface area contributed by atoms with Crippen LogP contribution in [-0.2, 0) is 0 Å². The standard InChI is InChI=1S/C10H23NO2/c1-10(2)9-11(6-8-13)5-3-4-7-12/h10,12-13H,3-9H2,1-2H3. The third kappa shape index (κ3) is 8.22. The minimum absolute atomic E-state index is 0.228. The molecule has 0 saturated heterocycles. The highest BCUT2D eigenvalue weighted by Crippen LogP contribution is 2.00. The fourth-order valence-corrected chi connectivity index (χ4v) is 1.40. The van der Waals surface area contributed by atoms with Crippen LogP contribution in [0.5, 0.6) is 0 Å². The summed E-state index contributed by atoms with van der Waals surface area (Å²) in [6, 6.07) is 0. The van der Waals surface area contributed by atoms with Gasteiger partial charge < -0.3 is 15.1 Å². The van der Waals surface area contributed by atoms with Gasteiger partial charge in [-0.1, -0.05) is 13.8 Å². The van der Waals surface area contributed by atoms with Crippen LogP contribution in [0, 0.1) is 5.92 Å². The molecule has 0 bridgehead atoms. The average Bonchev–Trinajstić information content (AvgIpc) is 2.04. The molecule has 0 saturated carbocycles.